The minimum Gasteiger partial charge on any atom is -0.465 e. The van der Waals surface area contributed by atoms with Gasteiger partial charge in [-0.05, 0) is 40.1 Å². The molecule has 2 aromatic carbocycles. The Morgan fingerprint density at radius 2 is 1.59 bits per heavy atom. The lowest BCUT2D eigenvalue weighted by molar-refractivity contribution is -0.156. The Balaban J connectivity index is 1.48. The molecule has 1 saturated carbocycles. The van der Waals surface area contributed by atoms with Crippen molar-refractivity contribution in [1.82, 2.24) is 0 Å². The van der Waals surface area contributed by atoms with Crippen molar-refractivity contribution in [3.63, 3.8) is 0 Å². The molecule has 0 N–H and O–H groups in total. The largest absolute Gasteiger partial charge is 0.465 e. The monoisotopic (exact) mass is 446 g/mol. The molecule has 2 aliphatic rings. The number of rotatable bonds is 6. The topological polar surface area (TPSA) is 35.5 Å². The molecule has 168 valence electrons. The lowest BCUT2D eigenvalue weighted by Crippen LogP contribution is -2.66. The van der Waals surface area contributed by atoms with Gasteiger partial charge in [0.15, 0.2) is 0 Å². The number of ether oxygens (including phenoxy) is 1. The van der Waals surface area contributed by atoms with Gasteiger partial charge in [0.05, 0.1) is 12.5 Å². The molecule has 0 spiro atoms. The summed E-state index contributed by atoms with van der Waals surface area (Å²) in [7, 11) is -2.49. The van der Waals surface area contributed by atoms with Crippen LogP contribution in [0, 0.1) is 29.6 Å². The average Bonchev–Trinajstić information content (AvgIpc) is 3.10. The third-order valence-electron chi connectivity index (χ3n) is 7.14. The minimum absolute atomic E-state index is 0.0134. The van der Waals surface area contributed by atoms with Crippen molar-refractivity contribution in [3.05, 3.63) is 60.7 Å². The van der Waals surface area contributed by atoms with Gasteiger partial charge < -0.3 is 9.16 Å². The van der Waals surface area contributed by atoms with Crippen LogP contribution >= 0.6 is 0 Å². The molecule has 1 saturated heterocycles. The molecule has 0 unspecified atom stereocenters. The van der Waals surface area contributed by atoms with Gasteiger partial charge in [-0.25, -0.2) is 0 Å². The number of hydrogen-bond donors (Lipinski definition) is 0. The van der Waals surface area contributed by atoms with Gasteiger partial charge in [0.25, 0.3) is 8.32 Å². The van der Waals surface area contributed by atoms with Crippen molar-refractivity contribution >= 4 is 24.7 Å². The maximum absolute atomic E-state index is 12.0. The second kappa shape index (κ2) is 9.64. The number of carbonyl (C=O) groups excluding carboxylic acids is 1. The van der Waals surface area contributed by atoms with Crippen molar-refractivity contribution in [1.29, 1.82) is 0 Å². The second-order valence-corrected chi connectivity index (χ2v) is 14.4. The van der Waals surface area contributed by atoms with E-state index in [1.54, 1.807) is 0 Å². The highest BCUT2D eigenvalue weighted by atomic mass is 28.4. The van der Waals surface area contributed by atoms with E-state index in [2.05, 4.69) is 93.3 Å². The van der Waals surface area contributed by atoms with Crippen LogP contribution in [-0.2, 0) is 14.0 Å². The van der Waals surface area contributed by atoms with Crippen LogP contribution in [0.25, 0.3) is 0 Å². The highest BCUT2D eigenvalue weighted by Crippen LogP contribution is 2.43. The van der Waals surface area contributed by atoms with Gasteiger partial charge in [-0.3, -0.25) is 4.79 Å². The van der Waals surface area contributed by atoms with Crippen LogP contribution in [0.2, 0.25) is 5.04 Å². The fraction of sp³-hybridized carbons (Fsp3) is 0.464. The summed E-state index contributed by atoms with van der Waals surface area (Å²) in [5.74, 6) is 7.63. The first-order chi connectivity index (χ1) is 15.4. The quantitative estimate of drug-likeness (QED) is 0.283. The molecule has 3 nitrogen and oxygen atoms in total. The third-order valence-corrected chi connectivity index (χ3v) is 12.2. The summed E-state index contributed by atoms with van der Waals surface area (Å²) >= 11 is 0. The summed E-state index contributed by atoms with van der Waals surface area (Å²) in [6.07, 6.45) is 3.56. The molecular weight excluding hydrogens is 412 g/mol. The molecule has 1 aliphatic heterocycles. The van der Waals surface area contributed by atoms with Gasteiger partial charge in [-0.1, -0.05) is 81.4 Å². The number of cyclic esters (lactones) is 1. The van der Waals surface area contributed by atoms with Crippen LogP contribution in [0.5, 0.6) is 0 Å². The maximum Gasteiger partial charge on any atom is 0.309 e. The fourth-order valence-corrected chi connectivity index (χ4v) is 10.1. The van der Waals surface area contributed by atoms with Crippen molar-refractivity contribution in [2.75, 3.05) is 13.2 Å². The molecule has 4 rings (SSSR count). The smallest absolute Gasteiger partial charge is 0.309 e. The summed E-state index contributed by atoms with van der Waals surface area (Å²) in [6, 6.07) is 21.4. The Labute approximate surface area is 193 Å². The number of esters is 1. The van der Waals surface area contributed by atoms with Gasteiger partial charge in [0.1, 0.15) is 0 Å². The third kappa shape index (κ3) is 4.42. The molecule has 0 radical (unpaired) electrons. The van der Waals surface area contributed by atoms with Crippen LogP contribution in [0.4, 0.5) is 0 Å². The van der Waals surface area contributed by atoms with E-state index in [-0.39, 0.29) is 16.9 Å². The molecular formula is C28H34O3Si. The van der Waals surface area contributed by atoms with E-state index < -0.39 is 8.32 Å². The summed E-state index contributed by atoms with van der Waals surface area (Å²) in [6.45, 7) is 8.08. The first-order valence-corrected chi connectivity index (χ1v) is 13.7. The molecule has 0 amide bonds. The summed E-state index contributed by atoms with van der Waals surface area (Å²) in [4.78, 5) is 12.0. The van der Waals surface area contributed by atoms with Crippen LogP contribution in [0.1, 0.15) is 46.5 Å². The number of hydrogen-bond acceptors (Lipinski definition) is 3. The van der Waals surface area contributed by atoms with Crippen molar-refractivity contribution < 1.29 is 14.0 Å². The number of carbonyl (C=O) groups is 1. The molecule has 2 aromatic rings. The minimum atomic E-state index is -2.49. The predicted molar refractivity (Wildman–Crippen MR) is 131 cm³/mol. The first-order valence-electron chi connectivity index (χ1n) is 11.8. The van der Waals surface area contributed by atoms with Crippen molar-refractivity contribution in [2.24, 2.45) is 17.8 Å². The zero-order valence-electron chi connectivity index (χ0n) is 19.5. The van der Waals surface area contributed by atoms with E-state index in [4.69, 9.17) is 9.16 Å². The van der Waals surface area contributed by atoms with Gasteiger partial charge in [-0.15, -0.1) is 11.8 Å². The fourth-order valence-electron chi connectivity index (χ4n) is 5.55. The lowest BCUT2D eigenvalue weighted by Gasteiger charge is -2.43. The van der Waals surface area contributed by atoms with E-state index in [0.29, 0.717) is 31.5 Å². The van der Waals surface area contributed by atoms with Crippen molar-refractivity contribution in [2.45, 2.75) is 51.5 Å². The zero-order chi connectivity index (χ0) is 22.6. The van der Waals surface area contributed by atoms with Crippen LogP contribution < -0.4 is 10.4 Å². The molecule has 0 aromatic heterocycles. The van der Waals surface area contributed by atoms with Gasteiger partial charge in [-0.2, -0.15) is 0 Å². The molecule has 2 bridgehead atoms. The number of benzene rings is 2. The van der Waals surface area contributed by atoms with E-state index in [9.17, 15) is 4.79 Å². The van der Waals surface area contributed by atoms with E-state index >= 15 is 0 Å². The number of fused-ring (bicyclic) bond motifs is 2. The summed E-state index contributed by atoms with van der Waals surface area (Å²) < 4.78 is 12.2. The molecule has 2 fully saturated rings. The van der Waals surface area contributed by atoms with E-state index in [0.717, 1.165) is 19.3 Å². The Morgan fingerprint density at radius 3 is 2.19 bits per heavy atom. The van der Waals surface area contributed by atoms with Crippen LogP contribution in [0.3, 0.4) is 0 Å². The Bertz CT molecular complexity index is 929. The lowest BCUT2D eigenvalue weighted by atomic mass is 9.85. The highest BCUT2D eigenvalue weighted by molar-refractivity contribution is 6.99. The SMILES string of the molecule is CC(C)(C)[Si](OCCC#CC[C@@H]1[C@H]2CC[C@@H]1C(=O)OC2)(c1ccccc1)c1ccccc1. The predicted octanol–water partition coefficient (Wildman–Crippen LogP) is 4.55. The molecule has 32 heavy (non-hydrogen) atoms. The molecule has 3 atom stereocenters. The normalized spacial score (nSPS) is 22.7. The molecule has 1 aliphatic carbocycles. The van der Waals surface area contributed by atoms with Gasteiger partial charge in [0, 0.05) is 19.4 Å². The maximum atomic E-state index is 12.0. The van der Waals surface area contributed by atoms with Crippen LogP contribution in [0.15, 0.2) is 60.7 Å². The van der Waals surface area contributed by atoms with E-state index in [1.165, 1.54) is 10.4 Å². The van der Waals surface area contributed by atoms with Gasteiger partial charge >= 0.3 is 5.97 Å². The van der Waals surface area contributed by atoms with Crippen LogP contribution in [-0.4, -0.2) is 27.5 Å². The molecule has 4 heteroatoms. The average molecular weight is 447 g/mol. The standard InChI is InChI=1S/C28H34O3Si/c1-28(2,3)32(23-13-7-4-8-14-23,24-15-9-5-10-16-24)31-20-12-6-11-17-25-22-18-19-26(25)27(29)30-21-22/h4-5,7-10,13-16,22,25-26H,12,17-21H2,1-3H3/t22-,25+,26-/m0/s1. The Morgan fingerprint density at radius 1 is 0.969 bits per heavy atom. The summed E-state index contributed by atoms with van der Waals surface area (Å²) in [5, 5.41) is 2.57. The zero-order valence-corrected chi connectivity index (χ0v) is 20.5. The highest BCUT2D eigenvalue weighted by Gasteiger charge is 2.50. The Hall–Kier alpha value is -2.35. The first kappa shape index (κ1) is 22.8. The molecule has 1 heterocycles. The summed E-state index contributed by atoms with van der Waals surface area (Å²) in [5.41, 5.74) is 0. The van der Waals surface area contributed by atoms with Crippen molar-refractivity contribution in [3.8, 4) is 11.8 Å². The second-order valence-electron chi connectivity index (χ2n) is 10.1. The van der Waals surface area contributed by atoms with E-state index in [1.807, 2.05) is 0 Å². The van der Waals surface area contributed by atoms with Gasteiger partial charge in [0.2, 0.25) is 0 Å². The Kier molecular flexibility index (Phi) is 6.88.